The second-order valence-electron chi connectivity index (χ2n) is 10.6. The quantitative estimate of drug-likeness (QED) is 0.458. The van der Waals surface area contributed by atoms with Gasteiger partial charge in [0.2, 0.25) is 0 Å². The molecular formula is C27H29F3N6O3. The number of likely N-dealkylation sites (tertiary alicyclic amines) is 2. The third-order valence-corrected chi connectivity index (χ3v) is 8.45. The van der Waals surface area contributed by atoms with Crippen LogP contribution in [0.15, 0.2) is 48.5 Å². The molecule has 4 heterocycles. The Labute approximate surface area is 224 Å². The Morgan fingerprint density at radius 2 is 1.54 bits per heavy atom. The van der Waals surface area contributed by atoms with Crippen molar-refractivity contribution in [3.63, 3.8) is 0 Å². The van der Waals surface area contributed by atoms with Gasteiger partial charge in [0.15, 0.2) is 6.61 Å². The van der Waals surface area contributed by atoms with Gasteiger partial charge in [-0.15, -0.1) is 5.53 Å². The first kappa shape index (κ1) is 24.0. The lowest BCUT2D eigenvalue weighted by Crippen LogP contribution is -2.44. The van der Waals surface area contributed by atoms with Gasteiger partial charge < -0.3 is 25.4 Å². The molecule has 4 aliphatic rings. The summed E-state index contributed by atoms with van der Waals surface area (Å²) in [4.78, 5) is 34.7. The van der Waals surface area contributed by atoms with E-state index in [4.69, 9.17) is 4.74 Å². The van der Waals surface area contributed by atoms with E-state index in [9.17, 15) is 22.8 Å². The molecule has 2 amide bonds. The van der Waals surface area contributed by atoms with Gasteiger partial charge in [0.05, 0.1) is 16.9 Å². The van der Waals surface area contributed by atoms with Crippen LogP contribution in [-0.2, 0) is 0 Å². The molecule has 2 saturated heterocycles. The number of anilines is 2. The summed E-state index contributed by atoms with van der Waals surface area (Å²) in [7, 11) is 0. The Morgan fingerprint density at radius 1 is 0.897 bits per heavy atom. The van der Waals surface area contributed by atoms with Crippen LogP contribution in [0.25, 0.3) is 10.9 Å². The minimum Gasteiger partial charge on any atom is -0.483 e. The molecule has 9 nitrogen and oxygen atoms in total. The highest BCUT2D eigenvalue weighted by atomic mass is 19.4. The van der Waals surface area contributed by atoms with Gasteiger partial charge >= 0.3 is 6.18 Å². The van der Waals surface area contributed by atoms with Crippen molar-refractivity contribution in [2.75, 3.05) is 43.6 Å². The Hall–Kier alpha value is -4.06. The molecule has 1 saturated carbocycles. The summed E-state index contributed by atoms with van der Waals surface area (Å²) < 4.78 is 43.6. The number of aromatic nitrogens is 1. The molecular weight excluding hydrogens is 513 g/mol. The van der Waals surface area contributed by atoms with Crippen LogP contribution in [0.5, 0.6) is 5.75 Å². The number of benzene rings is 2. The van der Waals surface area contributed by atoms with E-state index in [2.05, 4.69) is 21.4 Å². The molecule has 3 aromatic rings. The van der Waals surface area contributed by atoms with Crippen LogP contribution in [-0.4, -0.2) is 65.6 Å². The average molecular weight is 543 g/mol. The van der Waals surface area contributed by atoms with Crippen LogP contribution in [0.2, 0.25) is 0 Å². The molecule has 3 aliphatic heterocycles. The van der Waals surface area contributed by atoms with E-state index in [0.29, 0.717) is 54.5 Å². The Bertz CT molecular complexity index is 1490. The van der Waals surface area contributed by atoms with E-state index in [1.54, 1.807) is 29.2 Å². The molecule has 12 heteroatoms. The molecule has 0 bridgehead atoms. The maximum absolute atomic E-state index is 13.4. The van der Waals surface area contributed by atoms with Gasteiger partial charge in [-0.25, -0.2) is 4.98 Å². The fraction of sp³-hybridized carbons (Fsp3) is 0.370. The minimum atomic E-state index is -4.50. The number of hydrogen-bond acceptors (Lipinski definition) is 7. The molecule has 1 aromatic heterocycles. The lowest BCUT2D eigenvalue weighted by Gasteiger charge is -2.42. The van der Waals surface area contributed by atoms with Gasteiger partial charge in [0.25, 0.3) is 11.8 Å². The zero-order chi connectivity index (χ0) is 26.9. The number of nitrogens with one attached hydrogen (secondary N) is 3. The largest absolute Gasteiger partial charge is 0.483 e. The van der Waals surface area contributed by atoms with Crippen molar-refractivity contribution in [3.05, 3.63) is 59.8 Å². The third kappa shape index (κ3) is 4.10. The molecule has 2 unspecified atom stereocenters. The molecule has 39 heavy (non-hydrogen) atoms. The Kier molecular flexibility index (Phi) is 5.38. The number of alkyl halides is 3. The SMILES string of the molecule is O=C(c1ccc2c(c1)NNN2)N1C[C@@H]2C3CN(C(=O)c4cc(OCC(F)(F)F)c5ccccc5n4)CC3[C@@H]2C1.[HH].[HH]. The lowest BCUT2D eigenvalue weighted by atomic mass is 9.60. The fourth-order valence-corrected chi connectivity index (χ4v) is 6.64. The first-order valence-corrected chi connectivity index (χ1v) is 12.8. The van der Waals surface area contributed by atoms with Crippen LogP contribution >= 0.6 is 0 Å². The smallest absolute Gasteiger partial charge is 0.422 e. The maximum Gasteiger partial charge on any atom is 0.422 e. The highest BCUT2D eigenvalue weighted by molar-refractivity contribution is 5.98. The topological polar surface area (TPSA) is 98.8 Å². The molecule has 2 aromatic carbocycles. The molecule has 7 rings (SSSR count). The van der Waals surface area contributed by atoms with Crippen molar-refractivity contribution < 1.29 is 30.4 Å². The van der Waals surface area contributed by atoms with E-state index in [1.807, 2.05) is 23.1 Å². The molecule has 4 atom stereocenters. The van der Waals surface area contributed by atoms with Crippen molar-refractivity contribution in [1.29, 1.82) is 0 Å². The van der Waals surface area contributed by atoms with E-state index in [-0.39, 0.29) is 37.9 Å². The zero-order valence-electron chi connectivity index (χ0n) is 20.7. The number of rotatable bonds is 4. The molecule has 206 valence electrons. The summed E-state index contributed by atoms with van der Waals surface area (Å²) in [6.45, 7) is 0.936. The van der Waals surface area contributed by atoms with E-state index >= 15 is 0 Å². The minimum absolute atomic E-state index is 0. The van der Waals surface area contributed by atoms with Gasteiger partial charge in [-0.1, -0.05) is 12.1 Å². The number of pyridine rings is 1. The van der Waals surface area contributed by atoms with Gasteiger partial charge in [-0.2, -0.15) is 13.2 Å². The third-order valence-electron chi connectivity index (χ3n) is 8.45. The number of fused-ring (bicyclic) bond motifs is 6. The van der Waals surface area contributed by atoms with Crippen molar-refractivity contribution in [2.24, 2.45) is 23.7 Å². The first-order valence-electron chi connectivity index (χ1n) is 12.8. The van der Waals surface area contributed by atoms with Crippen molar-refractivity contribution >= 4 is 34.1 Å². The second kappa shape index (κ2) is 8.73. The summed E-state index contributed by atoms with van der Waals surface area (Å²) in [5.41, 5.74) is 11.5. The number of amides is 2. The maximum atomic E-state index is 13.4. The highest BCUT2D eigenvalue weighted by Crippen LogP contribution is 2.54. The number of nitrogens with zero attached hydrogens (tertiary/aromatic N) is 3. The van der Waals surface area contributed by atoms with Crippen LogP contribution < -0.4 is 21.1 Å². The summed E-state index contributed by atoms with van der Waals surface area (Å²) in [6.07, 6.45) is -4.50. The Morgan fingerprint density at radius 3 is 2.23 bits per heavy atom. The van der Waals surface area contributed by atoms with Crippen LogP contribution in [0.4, 0.5) is 24.5 Å². The van der Waals surface area contributed by atoms with Crippen LogP contribution in [0.3, 0.4) is 0 Å². The molecule has 3 fully saturated rings. The van der Waals surface area contributed by atoms with Gasteiger partial charge in [0, 0.05) is 46.0 Å². The van der Waals surface area contributed by atoms with E-state index in [0.717, 1.165) is 11.4 Å². The zero-order valence-corrected chi connectivity index (χ0v) is 20.7. The standard InChI is InChI=1S/C27H25F3N6O3.2H2/c28-27(29,30)13-39-24-8-23(31-20-4-2-1-3-15(20)24)26(38)36-11-18-16-9-35(10-17(16)19(18)12-36)25(37)14-5-6-21-22(7-14)33-34-32-21;;/h1-8,16-19,32-34H,9-13H2;2*1H/t16-,17+,18?,19?;;. The number of carbonyl (C=O) groups excluding carboxylic acids is 2. The summed E-state index contributed by atoms with van der Waals surface area (Å²) >= 11 is 0. The number of ether oxygens (including phenoxy) is 1. The highest BCUT2D eigenvalue weighted by Gasteiger charge is 2.59. The monoisotopic (exact) mass is 542 g/mol. The number of hydrazine groups is 2. The summed E-state index contributed by atoms with van der Waals surface area (Å²) in [5.74, 6) is 0.888. The van der Waals surface area contributed by atoms with Gasteiger partial charge in [-0.05, 0) is 54.0 Å². The van der Waals surface area contributed by atoms with E-state index in [1.165, 1.54) is 6.07 Å². The van der Waals surface area contributed by atoms with Crippen molar-refractivity contribution in [2.45, 2.75) is 6.18 Å². The van der Waals surface area contributed by atoms with E-state index < -0.39 is 12.8 Å². The second-order valence-corrected chi connectivity index (χ2v) is 10.6. The summed E-state index contributed by atoms with van der Waals surface area (Å²) in [5, 5.41) is 0.422. The normalized spacial score (nSPS) is 24.9. The predicted molar refractivity (Wildman–Crippen MR) is 140 cm³/mol. The number of carbonyl (C=O) groups is 2. The van der Waals surface area contributed by atoms with Crippen LogP contribution in [0, 0.1) is 23.7 Å². The van der Waals surface area contributed by atoms with Crippen molar-refractivity contribution in [1.82, 2.24) is 20.3 Å². The number of halogens is 3. The van der Waals surface area contributed by atoms with Gasteiger partial charge in [-0.3, -0.25) is 9.59 Å². The van der Waals surface area contributed by atoms with Crippen molar-refractivity contribution in [3.8, 4) is 5.75 Å². The number of para-hydroxylation sites is 1. The Balaban J connectivity index is 0.00000169. The average Bonchev–Trinajstić information content (AvgIpc) is 3.64. The van der Waals surface area contributed by atoms with Crippen LogP contribution in [0.1, 0.15) is 23.7 Å². The molecule has 0 radical (unpaired) electrons. The molecule has 3 N–H and O–H groups in total. The predicted octanol–water partition coefficient (Wildman–Crippen LogP) is 4.02. The fourth-order valence-electron chi connectivity index (χ4n) is 6.64. The number of hydrogen-bond donors (Lipinski definition) is 3. The molecule has 0 spiro atoms. The molecule has 1 aliphatic carbocycles. The van der Waals surface area contributed by atoms with Gasteiger partial charge in [0.1, 0.15) is 11.4 Å². The summed E-state index contributed by atoms with van der Waals surface area (Å²) in [6, 6.07) is 13.5. The first-order chi connectivity index (χ1) is 18.7. The lowest BCUT2D eigenvalue weighted by molar-refractivity contribution is -0.153.